The molecule has 0 aliphatic heterocycles. The van der Waals surface area contributed by atoms with Gasteiger partial charge in [0.1, 0.15) is 5.60 Å². The van der Waals surface area contributed by atoms with Gasteiger partial charge in [0.25, 0.3) is 0 Å². The first-order valence-electron chi connectivity index (χ1n) is 13.2. The van der Waals surface area contributed by atoms with E-state index in [4.69, 9.17) is 0 Å². The molecular formula is C27H48O4. The number of rotatable bonds is 5. The molecule has 0 aromatic heterocycles. The summed E-state index contributed by atoms with van der Waals surface area (Å²) in [6.07, 6.45) is 7.37. The Labute approximate surface area is 189 Å². The van der Waals surface area contributed by atoms with Gasteiger partial charge in [0, 0.05) is 11.8 Å². The van der Waals surface area contributed by atoms with Gasteiger partial charge in [0.15, 0.2) is 0 Å². The zero-order valence-corrected chi connectivity index (χ0v) is 20.6. The largest absolute Gasteiger partial charge is 0.393 e. The highest BCUT2D eigenvalue weighted by Crippen LogP contribution is 2.69. The van der Waals surface area contributed by atoms with Crippen molar-refractivity contribution in [2.45, 2.75) is 123 Å². The summed E-state index contributed by atoms with van der Waals surface area (Å²) in [5.41, 5.74) is -1.82. The Kier molecular flexibility index (Phi) is 6.38. The Morgan fingerprint density at radius 2 is 1.58 bits per heavy atom. The van der Waals surface area contributed by atoms with Gasteiger partial charge in [-0.05, 0) is 79.4 Å². The Morgan fingerprint density at radius 1 is 0.871 bits per heavy atom. The summed E-state index contributed by atoms with van der Waals surface area (Å²) in [7, 11) is 0. The van der Waals surface area contributed by atoms with Crippen molar-refractivity contribution in [2.24, 2.45) is 46.3 Å². The molecule has 0 unspecified atom stereocenters. The van der Waals surface area contributed by atoms with Gasteiger partial charge in [0.05, 0.1) is 18.3 Å². The second-order valence-electron chi connectivity index (χ2n) is 13.0. The van der Waals surface area contributed by atoms with Crippen LogP contribution in [0.1, 0.15) is 98.8 Å². The summed E-state index contributed by atoms with van der Waals surface area (Å²) in [6, 6.07) is 0. The van der Waals surface area contributed by atoms with Crippen LogP contribution in [0.4, 0.5) is 0 Å². The molecule has 0 aromatic carbocycles. The zero-order chi connectivity index (χ0) is 22.8. The molecule has 4 aliphatic carbocycles. The second-order valence-corrected chi connectivity index (χ2v) is 13.0. The minimum Gasteiger partial charge on any atom is -0.393 e. The number of aliphatic hydroxyl groups excluding tert-OH is 3. The molecule has 4 aliphatic rings. The molecule has 0 saturated heterocycles. The first-order chi connectivity index (χ1) is 14.4. The summed E-state index contributed by atoms with van der Waals surface area (Å²) in [5.74, 6) is 3.40. The molecule has 0 heterocycles. The standard InChI is InChI=1S/C27H48O4/c1-16(2)7-6-8-17(3)20-9-10-21-19-14-24(30)27(31)15-18(28)13-23(29)26(27,5)22(19)11-12-25(20,21)4/h16-24,28-31H,6-15H2,1-5H3/t17-,18+,19+,20-,21+,22+,23-,24-,25-,26+,27+/m1/s1. The Hall–Kier alpha value is -0.160. The average Bonchev–Trinajstić information content (AvgIpc) is 3.02. The van der Waals surface area contributed by atoms with Crippen LogP contribution in [0.2, 0.25) is 0 Å². The number of hydrogen-bond acceptors (Lipinski definition) is 4. The van der Waals surface area contributed by atoms with Gasteiger partial charge < -0.3 is 20.4 Å². The van der Waals surface area contributed by atoms with Gasteiger partial charge in [-0.1, -0.05) is 53.9 Å². The van der Waals surface area contributed by atoms with Crippen molar-refractivity contribution in [2.75, 3.05) is 0 Å². The molecule has 4 heteroatoms. The predicted molar refractivity (Wildman–Crippen MR) is 123 cm³/mol. The van der Waals surface area contributed by atoms with E-state index in [1.165, 1.54) is 32.1 Å². The van der Waals surface area contributed by atoms with Crippen molar-refractivity contribution >= 4 is 0 Å². The van der Waals surface area contributed by atoms with E-state index >= 15 is 0 Å². The van der Waals surface area contributed by atoms with E-state index in [0.29, 0.717) is 30.1 Å². The fourth-order valence-electron chi connectivity index (χ4n) is 9.35. The topological polar surface area (TPSA) is 80.9 Å². The molecule has 0 amide bonds. The van der Waals surface area contributed by atoms with Crippen LogP contribution in [0.25, 0.3) is 0 Å². The molecule has 11 atom stereocenters. The van der Waals surface area contributed by atoms with Crippen LogP contribution in [-0.4, -0.2) is 44.3 Å². The van der Waals surface area contributed by atoms with Crippen molar-refractivity contribution in [3.8, 4) is 0 Å². The summed E-state index contributed by atoms with van der Waals surface area (Å²) < 4.78 is 0. The average molecular weight is 437 g/mol. The number of aliphatic hydroxyl groups is 4. The van der Waals surface area contributed by atoms with Crippen molar-refractivity contribution in [1.82, 2.24) is 0 Å². The molecule has 0 spiro atoms. The van der Waals surface area contributed by atoms with E-state index in [2.05, 4.69) is 27.7 Å². The van der Waals surface area contributed by atoms with Crippen LogP contribution in [0, 0.1) is 46.3 Å². The van der Waals surface area contributed by atoms with E-state index in [0.717, 1.165) is 30.6 Å². The summed E-state index contributed by atoms with van der Waals surface area (Å²) in [6.45, 7) is 11.6. The lowest BCUT2D eigenvalue weighted by atomic mass is 9.41. The monoisotopic (exact) mass is 436 g/mol. The molecule has 4 saturated carbocycles. The lowest BCUT2D eigenvalue weighted by Gasteiger charge is -2.66. The predicted octanol–water partition coefficient (Wildman–Crippen LogP) is 4.53. The molecule has 31 heavy (non-hydrogen) atoms. The van der Waals surface area contributed by atoms with Crippen LogP contribution in [-0.2, 0) is 0 Å². The first kappa shape index (κ1) is 24.0. The van der Waals surface area contributed by atoms with Crippen LogP contribution in [0.3, 0.4) is 0 Å². The lowest BCUT2D eigenvalue weighted by Crippen LogP contribution is -2.72. The SMILES string of the molecule is CC(C)CCC[C@@H](C)[C@H]1CC[C@H]2[C@@H]3C[C@@H](O)[C@@]4(O)C[C@@H](O)C[C@@H](O)[C@]4(C)[C@H]3CC[C@]12C. The third kappa shape index (κ3) is 3.54. The molecule has 4 fully saturated rings. The number of hydrogen-bond donors (Lipinski definition) is 4. The molecule has 4 N–H and O–H groups in total. The van der Waals surface area contributed by atoms with Crippen molar-refractivity contribution < 1.29 is 20.4 Å². The second kappa shape index (κ2) is 8.25. The molecule has 4 rings (SSSR count). The quantitative estimate of drug-likeness (QED) is 0.511. The molecule has 0 aromatic rings. The minimum absolute atomic E-state index is 0.183. The maximum absolute atomic E-state index is 11.6. The Balaban J connectivity index is 1.56. The fourth-order valence-corrected chi connectivity index (χ4v) is 9.35. The number of fused-ring (bicyclic) bond motifs is 5. The maximum atomic E-state index is 11.6. The van der Waals surface area contributed by atoms with E-state index in [9.17, 15) is 20.4 Å². The highest BCUT2D eigenvalue weighted by molar-refractivity contribution is 5.19. The summed E-state index contributed by atoms with van der Waals surface area (Å²) in [4.78, 5) is 0. The van der Waals surface area contributed by atoms with Gasteiger partial charge in [-0.2, -0.15) is 0 Å². The lowest BCUT2D eigenvalue weighted by molar-refractivity contribution is -0.294. The third-order valence-electron chi connectivity index (χ3n) is 11.1. The highest BCUT2D eigenvalue weighted by Gasteiger charge is 2.70. The summed E-state index contributed by atoms with van der Waals surface area (Å²) >= 11 is 0. The van der Waals surface area contributed by atoms with Crippen LogP contribution >= 0.6 is 0 Å². The Bertz CT molecular complexity index is 651. The van der Waals surface area contributed by atoms with Gasteiger partial charge in [-0.25, -0.2) is 0 Å². The summed E-state index contributed by atoms with van der Waals surface area (Å²) in [5, 5.41) is 44.2. The van der Waals surface area contributed by atoms with E-state index in [-0.39, 0.29) is 12.3 Å². The van der Waals surface area contributed by atoms with Crippen molar-refractivity contribution in [3.63, 3.8) is 0 Å². The van der Waals surface area contributed by atoms with E-state index in [1.54, 1.807) is 0 Å². The normalized spacial score (nSPS) is 53.0. The van der Waals surface area contributed by atoms with E-state index in [1.807, 2.05) is 6.92 Å². The minimum atomic E-state index is -1.39. The third-order valence-corrected chi connectivity index (χ3v) is 11.1. The molecule has 180 valence electrons. The van der Waals surface area contributed by atoms with Gasteiger partial charge >= 0.3 is 0 Å². The fraction of sp³-hybridized carbons (Fsp3) is 1.00. The van der Waals surface area contributed by atoms with Gasteiger partial charge in [-0.15, -0.1) is 0 Å². The van der Waals surface area contributed by atoms with Crippen molar-refractivity contribution in [1.29, 1.82) is 0 Å². The molecule has 4 nitrogen and oxygen atoms in total. The smallest absolute Gasteiger partial charge is 0.101 e. The maximum Gasteiger partial charge on any atom is 0.101 e. The molecule has 0 radical (unpaired) electrons. The molecule has 0 bridgehead atoms. The first-order valence-corrected chi connectivity index (χ1v) is 13.2. The van der Waals surface area contributed by atoms with Gasteiger partial charge in [-0.3, -0.25) is 0 Å². The van der Waals surface area contributed by atoms with Crippen LogP contribution in [0.5, 0.6) is 0 Å². The van der Waals surface area contributed by atoms with Crippen LogP contribution < -0.4 is 0 Å². The van der Waals surface area contributed by atoms with E-state index < -0.39 is 29.3 Å². The molecular weight excluding hydrogens is 388 g/mol. The zero-order valence-electron chi connectivity index (χ0n) is 20.6. The van der Waals surface area contributed by atoms with Gasteiger partial charge in [0.2, 0.25) is 0 Å². The Morgan fingerprint density at radius 3 is 2.26 bits per heavy atom. The van der Waals surface area contributed by atoms with Crippen molar-refractivity contribution in [3.05, 3.63) is 0 Å². The highest BCUT2D eigenvalue weighted by atomic mass is 16.4. The van der Waals surface area contributed by atoms with Crippen LogP contribution in [0.15, 0.2) is 0 Å².